The lowest BCUT2D eigenvalue weighted by molar-refractivity contribution is -0.384. The summed E-state index contributed by atoms with van der Waals surface area (Å²) < 4.78 is 7.71. The Labute approximate surface area is 165 Å². The SMILES string of the molecule is O=[N+]([O-])c1ccc(-c2nn(-c3ccccc3)cc2-c2nc3ccccc3o2)cc1. The highest BCUT2D eigenvalue weighted by molar-refractivity contribution is 5.82. The standard InChI is InChI=1S/C22H14N4O3/c27-26(28)17-12-10-15(11-13-17)21-18(14-25(24-21)16-6-2-1-3-7-16)22-23-19-8-4-5-9-20(19)29-22/h1-14H. The Hall–Kier alpha value is -4.26. The van der Waals surface area contributed by atoms with Crippen molar-refractivity contribution in [3.63, 3.8) is 0 Å². The van der Waals surface area contributed by atoms with Crippen LogP contribution in [0, 0.1) is 10.1 Å². The van der Waals surface area contributed by atoms with Crippen LogP contribution in [-0.2, 0) is 0 Å². The molecule has 0 amide bonds. The van der Waals surface area contributed by atoms with Crippen molar-refractivity contribution >= 4 is 16.8 Å². The fraction of sp³-hybridized carbons (Fsp3) is 0. The van der Waals surface area contributed by atoms with Crippen molar-refractivity contribution in [3.8, 4) is 28.4 Å². The lowest BCUT2D eigenvalue weighted by atomic mass is 10.1. The fourth-order valence-electron chi connectivity index (χ4n) is 3.19. The summed E-state index contributed by atoms with van der Waals surface area (Å²) in [6, 6.07) is 23.5. The summed E-state index contributed by atoms with van der Waals surface area (Å²) in [5.41, 5.74) is 4.43. The third kappa shape index (κ3) is 3.04. The molecule has 0 aliphatic carbocycles. The van der Waals surface area contributed by atoms with Gasteiger partial charge in [-0.25, -0.2) is 9.67 Å². The first-order valence-electron chi connectivity index (χ1n) is 8.95. The molecule has 2 aromatic heterocycles. The van der Waals surface area contributed by atoms with Crippen molar-refractivity contribution in [2.75, 3.05) is 0 Å². The number of nitro benzene ring substituents is 1. The Morgan fingerprint density at radius 2 is 1.62 bits per heavy atom. The van der Waals surface area contributed by atoms with E-state index in [4.69, 9.17) is 9.52 Å². The van der Waals surface area contributed by atoms with Crippen LogP contribution in [0.3, 0.4) is 0 Å². The minimum Gasteiger partial charge on any atom is -0.436 e. The molecular weight excluding hydrogens is 368 g/mol. The van der Waals surface area contributed by atoms with Crippen LogP contribution in [-0.4, -0.2) is 19.7 Å². The second kappa shape index (κ2) is 6.72. The number of para-hydroxylation sites is 3. The largest absolute Gasteiger partial charge is 0.436 e. The summed E-state index contributed by atoms with van der Waals surface area (Å²) in [5, 5.41) is 15.7. The molecule has 0 bridgehead atoms. The zero-order chi connectivity index (χ0) is 19.8. The number of nitro groups is 1. The average molecular weight is 382 g/mol. The van der Waals surface area contributed by atoms with E-state index in [1.165, 1.54) is 12.1 Å². The van der Waals surface area contributed by atoms with E-state index >= 15 is 0 Å². The predicted molar refractivity (Wildman–Crippen MR) is 109 cm³/mol. The lowest BCUT2D eigenvalue weighted by Crippen LogP contribution is -1.94. The van der Waals surface area contributed by atoms with E-state index in [1.54, 1.807) is 16.8 Å². The van der Waals surface area contributed by atoms with Gasteiger partial charge >= 0.3 is 0 Å². The number of non-ortho nitro benzene ring substituents is 1. The smallest absolute Gasteiger partial charge is 0.269 e. The molecule has 0 atom stereocenters. The number of hydrogen-bond donors (Lipinski definition) is 0. The normalized spacial score (nSPS) is 11.0. The molecule has 140 valence electrons. The van der Waals surface area contributed by atoms with Gasteiger partial charge in [-0.2, -0.15) is 5.10 Å². The molecule has 7 nitrogen and oxygen atoms in total. The highest BCUT2D eigenvalue weighted by Gasteiger charge is 2.19. The molecule has 0 saturated heterocycles. The second-order valence-corrected chi connectivity index (χ2v) is 6.46. The van der Waals surface area contributed by atoms with Crippen LogP contribution in [0.15, 0.2) is 89.5 Å². The van der Waals surface area contributed by atoms with Crippen LogP contribution in [0.25, 0.3) is 39.5 Å². The Morgan fingerprint density at radius 3 is 2.34 bits per heavy atom. The van der Waals surface area contributed by atoms with Crippen molar-refractivity contribution in [3.05, 3.63) is 95.2 Å². The molecular formula is C22H14N4O3. The summed E-state index contributed by atoms with van der Waals surface area (Å²) in [6.45, 7) is 0. The highest BCUT2D eigenvalue weighted by atomic mass is 16.6. The monoisotopic (exact) mass is 382 g/mol. The van der Waals surface area contributed by atoms with Crippen LogP contribution < -0.4 is 0 Å². The minimum atomic E-state index is -0.423. The van der Waals surface area contributed by atoms with Gasteiger partial charge in [0.05, 0.1) is 16.2 Å². The Kier molecular flexibility index (Phi) is 3.91. The second-order valence-electron chi connectivity index (χ2n) is 6.46. The molecule has 0 saturated carbocycles. The van der Waals surface area contributed by atoms with Gasteiger partial charge < -0.3 is 4.42 Å². The van der Waals surface area contributed by atoms with Gasteiger partial charge in [0.15, 0.2) is 5.58 Å². The average Bonchev–Trinajstić information content (AvgIpc) is 3.39. The van der Waals surface area contributed by atoms with Crippen LogP contribution in [0.4, 0.5) is 5.69 Å². The first-order chi connectivity index (χ1) is 14.2. The number of hydrogen-bond acceptors (Lipinski definition) is 5. The van der Waals surface area contributed by atoms with E-state index in [-0.39, 0.29) is 5.69 Å². The summed E-state index contributed by atoms with van der Waals surface area (Å²) in [4.78, 5) is 15.2. The first kappa shape index (κ1) is 16.9. The molecule has 0 aliphatic rings. The zero-order valence-corrected chi connectivity index (χ0v) is 15.1. The zero-order valence-electron chi connectivity index (χ0n) is 15.1. The molecule has 7 heteroatoms. The van der Waals surface area contributed by atoms with Crippen molar-refractivity contribution in [2.45, 2.75) is 0 Å². The van der Waals surface area contributed by atoms with Crippen LogP contribution in [0.2, 0.25) is 0 Å². The summed E-state index contributed by atoms with van der Waals surface area (Å²) >= 11 is 0. The highest BCUT2D eigenvalue weighted by Crippen LogP contribution is 2.34. The minimum absolute atomic E-state index is 0.0275. The van der Waals surface area contributed by atoms with Gasteiger partial charge in [0.1, 0.15) is 11.2 Å². The maximum absolute atomic E-state index is 11.0. The van der Waals surface area contributed by atoms with Crippen molar-refractivity contribution in [1.82, 2.24) is 14.8 Å². The van der Waals surface area contributed by atoms with E-state index in [1.807, 2.05) is 60.8 Å². The van der Waals surface area contributed by atoms with E-state index in [0.717, 1.165) is 16.8 Å². The van der Waals surface area contributed by atoms with Crippen molar-refractivity contribution in [1.29, 1.82) is 0 Å². The number of oxazole rings is 1. The molecule has 2 heterocycles. The molecule has 0 fully saturated rings. The Morgan fingerprint density at radius 1 is 0.897 bits per heavy atom. The van der Waals surface area contributed by atoms with Crippen molar-refractivity contribution < 1.29 is 9.34 Å². The van der Waals surface area contributed by atoms with E-state index in [2.05, 4.69) is 4.98 Å². The Bertz CT molecular complexity index is 1290. The number of rotatable bonds is 4. The summed E-state index contributed by atoms with van der Waals surface area (Å²) in [5.74, 6) is 0.446. The molecule has 0 spiro atoms. The van der Waals surface area contributed by atoms with Gasteiger partial charge in [-0.05, 0) is 36.4 Å². The van der Waals surface area contributed by atoms with Gasteiger partial charge in [-0.15, -0.1) is 0 Å². The Balaban J connectivity index is 1.69. The number of fused-ring (bicyclic) bond motifs is 1. The molecule has 0 unspecified atom stereocenters. The van der Waals surface area contributed by atoms with E-state index in [9.17, 15) is 10.1 Å². The predicted octanol–water partition coefficient (Wildman–Crippen LogP) is 5.26. The molecule has 5 aromatic rings. The maximum atomic E-state index is 11.0. The number of aromatic nitrogens is 3. The number of nitrogens with zero attached hydrogens (tertiary/aromatic N) is 4. The van der Waals surface area contributed by atoms with Crippen LogP contribution >= 0.6 is 0 Å². The first-order valence-corrected chi connectivity index (χ1v) is 8.95. The quantitative estimate of drug-likeness (QED) is 0.313. The molecule has 3 aromatic carbocycles. The topological polar surface area (TPSA) is 87.0 Å². The summed E-state index contributed by atoms with van der Waals surface area (Å²) in [7, 11) is 0. The lowest BCUT2D eigenvalue weighted by Gasteiger charge is -2.00. The summed E-state index contributed by atoms with van der Waals surface area (Å²) in [6.07, 6.45) is 1.86. The van der Waals surface area contributed by atoms with E-state index in [0.29, 0.717) is 22.7 Å². The third-order valence-electron chi connectivity index (χ3n) is 4.61. The van der Waals surface area contributed by atoms with Gasteiger partial charge in [0.25, 0.3) is 5.69 Å². The molecule has 0 N–H and O–H groups in total. The van der Waals surface area contributed by atoms with Gasteiger partial charge in [-0.3, -0.25) is 10.1 Å². The molecule has 0 aliphatic heterocycles. The third-order valence-corrected chi connectivity index (χ3v) is 4.61. The van der Waals surface area contributed by atoms with Crippen LogP contribution in [0.1, 0.15) is 0 Å². The molecule has 29 heavy (non-hydrogen) atoms. The van der Waals surface area contributed by atoms with Gasteiger partial charge in [0, 0.05) is 23.9 Å². The van der Waals surface area contributed by atoms with E-state index < -0.39 is 4.92 Å². The van der Waals surface area contributed by atoms with Gasteiger partial charge in [-0.1, -0.05) is 30.3 Å². The number of benzene rings is 3. The molecule has 5 rings (SSSR count). The molecule has 0 radical (unpaired) electrons. The van der Waals surface area contributed by atoms with Gasteiger partial charge in [0.2, 0.25) is 5.89 Å². The van der Waals surface area contributed by atoms with Crippen molar-refractivity contribution in [2.24, 2.45) is 0 Å². The van der Waals surface area contributed by atoms with Crippen LogP contribution in [0.5, 0.6) is 0 Å². The fourth-order valence-corrected chi connectivity index (χ4v) is 3.19. The maximum Gasteiger partial charge on any atom is 0.269 e.